The van der Waals surface area contributed by atoms with Gasteiger partial charge in [0.1, 0.15) is 0 Å². The molecular formula is C6H14Se2. The van der Waals surface area contributed by atoms with Crippen molar-refractivity contribution >= 4 is 29.9 Å². The molecule has 0 aliphatic heterocycles. The maximum absolute atomic E-state index is 2.36. The summed E-state index contributed by atoms with van der Waals surface area (Å²) in [6, 6.07) is 0. The van der Waals surface area contributed by atoms with Gasteiger partial charge in [0, 0.05) is 0 Å². The Balaban J connectivity index is 3.07. The van der Waals surface area contributed by atoms with Crippen LogP contribution in [0.1, 0.15) is 19.8 Å². The molecule has 0 bridgehead atoms. The van der Waals surface area contributed by atoms with Gasteiger partial charge in [-0.1, -0.05) is 0 Å². The minimum absolute atomic E-state index is 0.921. The van der Waals surface area contributed by atoms with Gasteiger partial charge in [0.05, 0.1) is 0 Å². The van der Waals surface area contributed by atoms with E-state index in [9.17, 15) is 0 Å². The summed E-state index contributed by atoms with van der Waals surface area (Å²) >= 11 is 1.84. The van der Waals surface area contributed by atoms with Crippen LogP contribution in [0.25, 0.3) is 0 Å². The Kier molecular flexibility index (Phi) is 6.96. The van der Waals surface area contributed by atoms with Crippen molar-refractivity contribution in [2.45, 2.75) is 35.1 Å². The molecule has 0 aromatic rings. The molecule has 50 valence electrons. The second kappa shape index (κ2) is 6.16. The molecule has 0 unspecified atom stereocenters. The second-order valence-electron chi connectivity index (χ2n) is 1.69. The Labute approximate surface area is 65.1 Å². The van der Waals surface area contributed by atoms with Crippen LogP contribution in [-0.4, -0.2) is 29.9 Å². The Morgan fingerprint density at radius 1 is 1.25 bits per heavy atom. The average Bonchev–Trinajstić information content (AvgIpc) is 1.83. The molecular weight excluding hydrogens is 230 g/mol. The standard InChI is InChI=1S/C6H14Se2/c1-4-5-6(7-2)8-3/h6H,4-5H2,1-3H3. The van der Waals surface area contributed by atoms with Crippen LogP contribution in [0.15, 0.2) is 0 Å². The summed E-state index contributed by atoms with van der Waals surface area (Å²) in [5, 5.41) is 0. The van der Waals surface area contributed by atoms with Crippen LogP contribution in [0.2, 0.25) is 15.4 Å². The van der Waals surface area contributed by atoms with Gasteiger partial charge < -0.3 is 0 Å². The van der Waals surface area contributed by atoms with Crippen molar-refractivity contribution in [1.29, 1.82) is 0 Å². The summed E-state index contributed by atoms with van der Waals surface area (Å²) < 4.78 is 1.12. The first kappa shape index (κ1) is 9.04. The van der Waals surface area contributed by atoms with Gasteiger partial charge in [-0.25, -0.2) is 0 Å². The Bertz CT molecular complexity index is 41.8. The molecule has 0 spiro atoms. The molecule has 0 atom stereocenters. The Morgan fingerprint density at radius 3 is 1.88 bits per heavy atom. The summed E-state index contributed by atoms with van der Waals surface area (Å²) in [5.41, 5.74) is 0. The molecule has 0 saturated carbocycles. The zero-order chi connectivity index (χ0) is 6.41. The maximum atomic E-state index is 2.36. The third-order valence-electron chi connectivity index (χ3n) is 1.05. The predicted molar refractivity (Wildman–Crippen MR) is 41.9 cm³/mol. The molecule has 0 aliphatic rings. The van der Waals surface area contributed by atoms with Crippen LogP contribution in [0.3, 0.4) is 0 Å². The molecule has 0 aromatic carbocycles. The fourth-order valence-corrected chi connectivity index (χ4v) is 5.05. The topological polar surface area (TPSA) is 0 Å². The quantitative estimate of drug-likeness (QED) is 0.664. The van der Waals surface area contributed by atoms with Gasteiger partial charge in [0.25, 0.3) is 0 Å². The molecule has 0 amide bonds. The number of hydrogen-bond acceptors (Lipinski definition) is 0. The normalized spacial score (nSPS) is 10.5. The monoisotopic (exact) mass is 246 g/mol. The van der Waals surface area contributed by atoms with Gasteiger partial charge >= 0.3 is 65.0 Å². The van der Waals surface area contributed by atoms with Crippen LogP contribution in [-0.2, 0) is 0 Å². The van der Waals surface area contributed by atoms with E-state index in [1.807, 2.05) is 0 Å². The Hall–Kier alpha value is 1.04. The molecule has 0 nitrogen and oxygen atoms in total. The fraction of sp³-hybridized carbons (Fsp3) is 1.00. The summed E-state index contributed by atoms with van der Waals surface area (Å²) in [5.74, 6) is 4.72. The molecule has 8 heavy (non-hydrogen) atoms. The van der Waals surface area contributed by atoms with Gasteiger partial charge in [0.2, 0.25) is 0 Å². The van der Waals surface area contributed by atoms with Gasteiger partial charge in [0.15, 0.2) is 0 Å². The average molecular weight is 244 g/mol. The SMILES string of the molecule is CCCC([Se]C)[Se]C. The summed E-state index contributed by atoms with van der Waals surface area (Å²) in [7, 11) is 0. The molecule has 2 heteroatoms. The van der Waals surface area contributed by atoms with Crippen LogP contribution >= 0.6 is 0 Å². The first-order chi connectivity index (χ1) is 3.85. The van der Waals surface area contributed by atoms with Crippen LogP contribution < -0.4 is 0 Å². The predicted octanol–water partition coefficient (Wildman–Crippen LogP) is 2.04. The van der Waals surface area contributed by atoms with Crippen molar-refractivity contribution in [2.75, 3.05) is 0 Å². The van der Waals surface area contributed by atoms with E-state index in [0.717, 1.165) is 33.6 Å². The number of hydrogen-bond donors (Lipinski definition) is 0. The summed E-state index contributed by atoms with van der Waals surface area (Å²) in [6.07, 6.45) is 2.86. The Morgan fingerprint density at radius 2 is 1.75 bits per heavy atom. The van der Waals surface area contributed by atoms with Crippen molar-refractivity contribution in [3.8, 4) is 0 Å². The third-order valence-corrected chi connectivity index (χ3v) is 8.44. The van der Waals surface area contributed by atoms with E-state index in [1.165, 1.54) is 12.8 Å². The zero-order valence-electron chi connectivity index (χ0n) is 5.81. The van der Waals surface area contributed by atoms with Crippen LogP contribution in [0.4, 0.5) is 0 Å². The van der Waals surface area contributed by atoms with Crippen molar-refractivity contribution in [3.05, 3.63) is 0 Å². The van der Waals surface area contributed by atoms with Gasteiger partial charge in [-0.15, -0.1) is 0 Å². The van der Waals surface area contributed by atoms with Crippen molar-refractivity contribution in [1.82, 2.24) is 0 Å². The van der Waals surface area contributed by atoms with E-state index in [2.05, 4.69) is 18.6 Å². The third kappa shape index (κ3) is 3.97. The molecule has 0 aliphatic carbocycles. The summed E-state index contributed by atoms with van der Waals surface area (Å²) in [6.45, 7) is 2.28. The minimum atomic E-state index is 0.921. The first-order valence-corrected chi connectivity index (χ1v) is 8.31. The van der Waals surface area contributed by atoms with E-state index in [-0.39, 0.29) is 0 Å². The van der Waals surface area contributed by atoms with Gasteiger partial charge in [-0.05, 0) is 0 Å². The van der Waals surface area contributed by atoms with E-state index in [1.54, 1.807) is 0 Å². The summed E-state index contributed by atoms with van der Waals surface area (Å²) in [4.78, 5) is 0. The van der Waals surface area contributed by atoms with E-state index in [0.29, 0.717) is 0 Å². The molecule has 0 radical (unpaired) electrons. The van der Waals surface area contributed by atoms with Crippen molar-refractivity contribution in [3.63, 3.8) is 0 Å². The number of rotatable bonds is 4. The zero-order valence-corrected chi connectivity index (χ0v) is 9.23. The van der Waals surface area contributed by atoms with Crippen molar-refractivity contribution < 1.29 is 0 Å². The van der Waals surface area contributed by atoms with Gasteiger partial charge in [-0.3, -0.25) is 0 Å². The molecule has 0 heterocycles. The fourth-order valence-electron chi connectivity index (χ4n) is 0.568. The second-order valence-corrected chi connectivity index (χ2v) is 7.57. The van der Waals surface area contributed by atoms with E-state index >= 15 is 0 Å². The van der Waals surface area contributed by atoms with E-state index in [4.69, 9.17) is 0 Å². The first-order valence-electron chi connectivity index (χ1n) is 2.90. The molecule has 0 N–H and O–H groups in total. The van der Waals surface area contributed by atoms with Crippen LogP contribution in [0.5, 0.6) is 0 Å². The molecule has 0 rings (SSSR count). The van der Waals surface area contributed by atoms with Gasteiger partial charge in [-0.2, -0.15) is 0 Å². The molecule has 0 aromatic heterocycles. The van der Waals surface area contributed by atoms with Crippen molar-refractivity contribution in [2.24, 2.45) is 0 Å². The molecule has 0 fully saturated rings. The van der Waals surface area contributed by atoms with E-state index < -0.39 is 0 Å². The molecule has 0 saturated heterocycles. The van der Waals surface area contributed by atoms with Crippen LogP contribution in [0, 0.1) is 0 Å².